The van der Waals surface area contributed by atoms with Gasteiger partial charge in [0.25, 0.3) is 0 Å². The smallest absolute Gasteiger partial charge is 0.115 e. The molecule has 3 rings (SSSR count). The van der Waals surface area contributed by atoms with E-state index in [2.05, 4.69) is 11.8 Å². The third kappa shape index (κ3) is 2.02. The number of ether oxygens (including phenoxy) is 1. The molecule has 0 bridgehead atoms. The maximum Gasteiger partial charge on any atom is 0.115 e. The number of benzene rings is 1. The molecule has 1 aliphatic carbocycles. The van der Waals surface area contributed by atoms with Crippen molar-refractivity contribution >= 4 is 0 Å². The van der Waals surface area contributed by atoms with Crippen LogP contribution in [0.15, 0.2) is 18.2 Å². The van der Waals surface area contributed by atoms with Gasteiger partial charge in [0.15, 0.2) is 0 Å². The molecule has 3 heteroatoms. The molecule has 2 aliphatic rings. The van der Waals surface area contributed by atoms with Crippen molar-refractivity contribution in [1.29, 1.82) is 0 Å². The topological polar surface area (TPSA) is 32.7 Å². The molecule has 1 aromatic rings. The molecule has 1 aliphatic heterocycles. The Bertz CT molecular complexity index is 431. The van der Waals surface area contributed by atoms with E-state index < -0.39 is 0 Å². The van der Waals surface area contributed by atoms with E-state index in [0.29, 0.717) is 11.8 Å². The van der Waals surface area contributed by atoms with Crippen LogP contribution in [0.4, 0.5) is 0 Å². The summed E-state index contributed by atoms with van der Waals surface area (Å²) in [4.78, 5) is 2.56. The lowest BCUT2D eigenvalue weighted by Gasteiger charge is -2.44. The Labute approximate surface area is 108 Å². The van der Waals surface area contributed by atoms with Gasteiger partial charge in [-0.05, 0) is 49.1 Å². The van der Waals surface area contributed by atoms with Gasteiger partial charge in [0, 0.05) is 12.6 Å². The van der Waals surface area contributed by atoms with Crippen molar-refractivity contribution < 1.29 is 9.84 Å². The van der Waals surface area contributed by atoms with Crippen LogP contribution in [0.25, 0.3) is 0 Å². The van der Waals surface area contributed by atoms with Crippen LogP contribution in [0.3, 0.4) is 0 Å². The first-order valence-electron chi connectivity index (χ1n) is 6.97. The zero-order valence-corrected chi connectivity index (χ0v) is 10.9. The number of hydrogen-bond donors (Lipinski definition) is 1. The Morgan fingerprint density at radius 2 is 2.33 bits per heavy atom. The van der Waals surface area contributed by atoms with Crippen molar-refractivity contribution in [3.8, 4) is 5.75 Å². The summed E-state index contributed by atoms with van der Waals surface area (Å²) in [5.41, 5.74) is 2.54. The number of phenolic OH excluding ortho intramolecular Hbond substituents is 1. The van der Waals surface area contributed by atoms with Crippen molar-refractivity contribution in [2.75, 3.05) is 19.7 Å². The predicted octanol–water partition coefficient (Wildman–Crippen LogP) is 2.49. The second kappa shape index (κ2) is 4.90. The molecule has 1 N–H and O–H groups in total. The summed E-state index contributed by atoms with van der Waals surface area (Å²) < 4.78 is 5.99. The van der Waals surface area contributed by atoms with Gasteiger partial charge in [-0.1, -0.05) is 13.0 Å². The molecule has 1 heterocycles. The lowest BCUT2D eigenvalue weighted by atomic mass is 9.84. The van der Waals surface area contributed by atoms with E-state index in [9.17, 15) is 5.11 Å². The fourth-order valence-electron chi connectivity index (χ4n) is 3.34. The number of fused-ring (bicyclic) bond motifs is 3. The fraction of sp³-hybridized carbons (Fsp3) is 0.600. The highest BCUT2D eigenvalue weighted by Crippen LogP contribution is 2.39. The summed E-state index contributed by atoms with van der Waals surface area (Å²) in [6, 6.07) is 6.21. The standard InChI is InChI=1S/C15H21NO2/c1-2-7-16-8-9-18-15-13-10-12(17)5-3-11(13)4-6-14(15)16/h3,5,10,14-15,17H,2,4,6-9H2,1H3/t14-,15?/m1/s1. The summed E-state index contributed by atoms with van der Waals surface area (Å²) in [6.07, 6.45) is 3.61. The largest absolute Gasteiger partial charge is 0.508 e. The first kappa shape index (κ1) is 12.0. The maximum absolute atomic E-state index is 9.68. The lowest BCUT2D eigenvalue weighted by Crippen LogP contribution is -2.49. The van der Waals surface area contributed by atoms with E-state index in [1.165, 1.54) is 24.0 Å². The molecule has 2 atom stereocenters. The quantitative estimate of drug-likeness (QED) is 0.871. The highest BCUT2D eigenvalue weighted by Gasteiger charge is 2.36. The van der Waals surface area contributed by atoms with Gasteiger partial charge in [-0.15, -0.1) is 0 Å². The van der Waals surface area contributed by atoms with E-state index >= 15 is 0 Å². The third-order valence-corrected chi connectivity index (χ3v) is 4.15. The minimum atomic E-state index is 0.154. The van der Waals surface area contributed by atoms with Crippen LogP contribution in [0.2, 0.25) is 0 Å². The lowest BCUT2D eigenvalue weighted by molar-refractivity contribution is -0.0801. The SMILES string of the molecule is CCCN1CCOC2c3cc(O)ccc3CC[C@H]21. The normalized spacial score (nSPS) is 27.6. The van der Waals surface area contributed by atoms with Crippen molar-refractivity contribution in [2.45, 2.75) is 38.3 Å². The monoisotopic (exact) mass is 247 g/mol. The second-order valence-corrected chi connectivity index (χ2v) is 5.32. The highest BCUT2D eigenvalue weighted by atomic mass is 16.5. The molecule has 98 valence electrons. The Hall–Kier alpha value is -1.06. The van der Waals surface area contributed by atoms with Crippen LogP contribution >= 0.6 is 0 Å². The molecule has 0 saturated carbocycles. The van der Waals surface area contributed by atoms with Gasteiger partial charge in [0.2, 0.25) is 0 Å². The summed E-state index contributed by atoms with van der Waals surface area (Å²) in [7, 11) is 0. The molecule has 0 aromatic heterocycles. The number of aromatic hydroxyl groups is 1. The average Bonchev–Trinajstić information content (AvgIpc) is 2.39. The molecule has 18 heavy (non-hydrogen) atoms. The summed E-state index contributed by atoms with van der Waals surface area (Å²) in [6.45, 7) is 5.23. The molecule has 1 aromatic carbocycles. The molecule has 0 radical (unpaired) electrons. The number of rotatable bonds is 2. The molecule has 3 nitrogen and oxygen atoms in total. The summed E-state index contributed by atoms with van der Waals surface area (Å²) >= 11 is 0. The Morgan fingerprint density at radius 3 is 3.17 bits per heavy atom. The van der Waals surface area contributed by atoms with Crippen molar-refractivity contribution in [1.82, 2.24) is 4.90 Å². The maximum atomic E-state index is 9.68. The van der Waals surface area contributed by atoms with E-state index in [0.717, 1.165) is 26.1 Å². The Balaban J connectivity index is 1.91. The average molecular weight is 247 g/mol. The van der Waals surface area contributed by atoms with E-state index in [1.54, 1.807) is 6.07 Å². The van der Waals surface area contributed by atoms with Crippen LogP contribution in [-0.4, -0.2) is 35.7 Å². The van der Waals surface area contributed by atoms with E-state index in [1.807, 2.05) is 12.1 Å². The van der Waals surface area contributed by atoms with Crippen LogP contribution in [0, 0.1) is 0 Å². The van der Waals surface area contributed by atoms with Crippen molar-refractivity contribution in [3.63, 3.8) is 0 Å². The third-order valence-electron chi connectivity index (χ3n) is 4.15. The van der Waals surface area contributed by atoms with Gasteiger partial charge in [-0.3, -0.25) is 4.90 Å². The highest BCUT2D eigenvalue weighted by molar-refractivity contribution is 5.39. The minimum Gasteiger partial charge on any atom is -0.508 e. The van der Waals surface area contributed by atoms with Gasteiger partial charge in [-0.2, -0.15) is 0 Å². The van der Waals surface area contributed by atoms with Crippen LogP contribution in [0.1, 0.15) is 37.0 Å². The van der Waals surface area contributed by atoms with Gasteiger partial charge in [-0.25, -0.2) is 0 Å². The Morgan fingerprint density at radius 1 is 1.44 bits per heavy atom. The molecular weight excluding hydrogens is 226 g/mol. The molecule has 0 amide bonds. The van der Waals surface area contributed by atoms with Crippen molar-refractivity contribution in [2.24, 2.45) is 0 Å². The first-order valence-corrected chi connectivity index (χ1v) is 6.97. The molecular formula is C15H21NO2. The predicted molar refractivity (Wildman–Crippen MR) is 70.8 cm³/mol. The van der Waals surface area contributed by atoms with Gasteiger partial charge in [0.1, 0.15) is 5.75 Å². The van der Waals surface area contributed by atoms with E-state index in [-0.39, 0.29) is 6.10 Å². The zero-order valence-electron chi connectivity index (χ0n) is 10.9. The molecule has 0 spiro atoms. The van der Waals surface area contributed by atoms with Crippen LogP contribution in [-0.2, 0) is 11.2 Å². The summed E-state index contributed by atoms with van der Waals surface area (Å²) in [5.74, 6) is 0.352. The number of phenols is 1. The molecule has 1 saturated heterocycles. The summed E-state index contributed by atoms with van der Waals surface area (Å²) in [5, 5.41) is 9.68. The van der Waals surface area contributed by atoms with E-state index in [4.69, 9.17) is 4.74 Å². The number of morpholine rings is 1. The van der Waals surface area contributed by atoms with Crippen molar-refractivity contribution in [3.05, 3.63) is 29.3 Å². The Kier molecular flexibility index (Phi) is 3.27. The number of hydrogen-bond acceptors (Lipinski definition) is 3. The molecule has 1 fully saturated rings. The zero-order chi connectivity index (χ0) is 12.5. The molecule has 1 unspecified atom stereocenters. The number of aryl methyl sites for hydroxylation is 1. The fourth-order valence-corrected chi connectivity index (χ4v) is 3.34. The first-order chi connectivity index (χ1) is 8.79. The van der Waals surface area contributed by atoms with Crippen LogP contribution in [0.5, 0.6) is 5.75 Å². The minimum absolute atomic E-state index is 0.154. The number of nitrogens with zero attached hydrogens (tertiary/aromatic N) is 1. The van der Waals surface area contributed by atoms with Gasteiger partial charge >= 0.3 is 0 Å². The van der Waals surface area contributed by atoms with Gasteiger partial charge in [0.05, 0.1) is 12.7 Å². The van der Waals surface area contributed by atoms with Gasteiger partial charge < -0.3 is 9.84 Å². The van der Waals surface area contributed by atoms with Crippen LogP contribution < -0.4 is 0 Å². The second-order valence-electron chi connectivity index (χ2n) is 5.32.